The molecule has 1 saturated carbocycles. The van der Waals surface area contributed by atoms with Crippen LogP contribution in [0.5, 0.6) is 5.75 Å². The van der Waals surface area contributed by atoms with E-state index in [1.54, 1.807) is 13.3 Å². The van der Waals surface area contributed by atoms with E-state index in [0.29, 0.717) is 17.9 Å². The molecule has 2 aliphatic rings. The zero-order chi connectivity index (χ0) is 18.9. The van der Waals surface area contributed by atoms with Crippen LogP contribution < -0.4 is 15.4 Å². The van der Waals surface area contributed by atoms with Crippen molar-refractivity contribution in [3.05, 3.63) is 30.2 Å². The first-order valence-electron chi connectivity index (χ1n) is 10.0. The summed E-state index contributed by atoms with van der Waals surface area (Å²) in [7, 11) is 1.70. The van der Waals surface area contributed by atoms with Crippen molar-refractivity contribution >= 4 is 11.6 Å². The molecule has 5 rings (SSSR count). The quantitative estimate of drug-likeness (QED) is 0.704. The van der Waals surface area contributed by atoms with Gasteiger partial charge in [-0.3, -0.25) is 0 Å². The van der Waals surface area contributed by atoms with Crippen molar-refractivity contribution in [1.82, 2.24) is 29.9 Å². The van der Waals surface area contributed by atoms with Gasteiger partial charge in [0.1, 0.15) is 17.1 Å². The van der Waals surface area contributed by atoms with E-state index in [4.69, 9.17) is 14.8 Å². The van der Waals surface area contributed by atoms with Crippen LogP contribution in [0.2, 0.25) is 0 Å². The van der Waals surface area contributed by atoms with Gasteiger partial charge in [0, 0.05) is 30.8 Å². The predicted molar refractivity (Wildman–Crippen MR) is 107 cm³/mol. The molecule has 146 valence electrons. The van der Waals surface area contributed by atoms with Crippen molar-refractivity contribution in [2.75, 3.05) is 25.5 Å². The third kappa shape index (κ3) is 3.17. The second kappa shape index (κ2) is 7.35. The van der Waals surface area contributed by atoms with Gasteiger partial charge < -0.3 is 15.4 Å². The number of methoxy groups -OCH3 is 1. The minimum atomic E-state index is 0.369. The Labute approximate surface area is 163 Å². The molecular weight excluding hydrogens is 354 g/mol. The molecule has 3 aromatic rings. The van der Waals surface area contributed by atoms with Gasteiger partial charge >= 0.3 is 0 Å². The van der Waals surface area contributed by atoms with Crippen LogP contribution in [0, 0.1) is 0 Å². The van der Waals surface area contributed by atoms with Crippen molar-refractivity contribution in [2.45, 2.75) is 44.1 Å². The lowest BCUT2D eigenvalue weighted by Gasteiger charge is -2.14. The van der Waals surface area contributed by atoms with E-state index >= 15 is 0 Å². The van der Waals surface area contributed by atoms with Crippen LogP contribution in [0.1, 0.15) is 43.7 Å². The second-order valence-corrected chi connectivity index (χ2v) is 7.59. The van der Waals surface area contributed by atoms with Gasteiger partial charge in [0.15, 0.2) is 5.65 Å². The molecule has 2 fully saturated rings. The van der Waals surface area contributed by atoms with Gasteiger partial charge in [-0.05, 0) is 31.9 Å². The highest BCUT2D eigenvalue weighted by molar-refractivity contribution is 5.61. The summed E-state index contributed by atoms with van der Waals surface area (Å²) >= 11 is 0. The number of nitrogens with one attached hydrogen (secondary N) is 2. The molecule has 1 atom stereocenters. The average Bonchev–Trinajstić information content (AvgIpc) is 3.48. The second-order valence-electron chi connectivity index (χ2n) is 7.59. The predicted octanol–water partition coefficient (Wildman–Crippen LogP) is 2.63. The number of fused-ring (bicyclic) bond motifs is 1. The van der Waals surface area contributed by atoms with E-state index in [1.807, 2.05) is 22.8 Å². The number of rotatable bonds is 5. The van der Waals surface area contributed by atoms with Crippen LogP contribution in [0.4, 0.5) is 5.95 Å². The standard InChI is InChI=1S/C20H25N7O/c1-28-17-10-18-23-12-16(27(18)26-19(17)13-4-2-3-5-13)15-7-9-22-20(25-15)24-14-6-8-21-11-14/h7,9-10,12-14,21H,2-6,8,11H2,1H3,(H,22,24,25). The molecule has 1 aliphatic heterocycles. The summed E-state index contributed by atoms with van der Waals surface area (Å²) in [6.07, 6.45) is 9.51. The summed E-state index contributed by atoms with van der Waals surface area (Å²) in [5.41, 5.74) is 3.47. The topological polar surface area (TPSA) is 89.3 Å². The summed E-state index contributed by atoms with van der Waals surface area (Å²) in [5, 5.41) is 11.7. The maximum Gasteiger partial charge on any atom is 0.223 e. The number of hydrogen-bond acceptors (Lipinski definition) is 7. The van der Waals surface area contributed by atoms with Crippen molar-refractivity contribution in [2.24, 2.45) is 0 Å². The Morgan fingerprint density at radius 1 is 1.21 bits per heavy atom. The molecule has 8 nitrogen and oxygen atoms in total. The molecular formula is C20H25N7O. The van der Waals surface area contributed by atoms with Crippen LogP contribution in [-0.2, 0) is 0 Å². The van der Waals surface area contributed by atoms with E-state index in [0.717, 1.165) is 60.8 Å². The molecule has 0 amide bonds. The normalized spacial score (nSPS) is 20.1. The van der Waals surface area contributed by atoms with Gasteiger partial charge in [-0.1, -0.05) is 12.8 Å². The van der Waals surface area contributed by atoms with Gasteiger partial charge in [0.25, 0.3) is 0 Å². The Morgan fingerprint density at radius 2 is 2.11 bits per heavy atom. The first-order chi connectivity index (χ1) is 13.8. The van der Waals surface area contributed by atoms with E-state index in [1.165, 1.54) is 12.8 Å². The third-order valence-corrected chi connectivity index (χ3v) is 5.76. The van der Waals surface area contributed by atoms with Crippen LogP contribution in [0.3, 0.4) is 0 Å². The molecule has 0 spiro atoms. The average molecular weight is 379 g/mol. The molecule has 0 bridgehead atoms. The largest absolute Gasteiger partial charge is 0.495 e. The van der Waals surface area contributed by atoms with Crippen molar-refractivity contribution < 1.29 is 4.74 Å². The molecule has 1 unspecified atom stereocenters. The highest BCUT2D eigenvalue weighted by Crippen LogP contribution is 2.38. The molecule has 0 radical (unpaired) electrons. The lowest BCUT2D eigenvalue weighted by atomic mass is 10.0. The minimum absolute atomic E-state index is 0.369. The van der Waals surface area contributed by atoms with Crippen molar-refractivity contribution in [1.29, 1.82) is 0 Å². The third-order valence-electron chi connectivity index (χ3n) is 5.76. The van der Waals surface area contributed by atoms with Crippen LogP contribution in [-0.4, -0.2) is 50.8 Å². The van der Waals surface area contributed by atoms with Crippen LogP contribution in [0.15, 0.2) is 24.5 Å². The summed E-state index contributed by atoms with van der Waals surface area (Å²) in [6.45, 7) is 1.97. The highest BCUT2D eigenvalue weighted by Gasteiger charge is 2.24. The van der Waals surface area contributed by atoms with Gasteiger partial charge in [-0.2, -0.15) is 5.10 Å². The molecule has 3 aromatic heterocycles. The van der Waals surface area contributed by atoms with Crippen molar-refractivity contribution in [3.63, 3.8) is 0 Å². The summed E-state index contributed by atoms with van der Waals surface area (Å²) < 4.78 is 7.51. The molecule has 4 heterocycles. The number of aromatic nitrogens is 5. The maximum atomic E-state index is 5.62. The molecule has 1 aliphatic carbocycles. The maximum absolute atomic E-state index is 5.62. The molecule has 1 saturated heterocycles. The van der Waals surface area contributed by atoms with Gasteiger partial charge in [0.05, 0.1) is 19.0 Å². The smallest absolute Gasteiger partial charge is 0.223 e. The number of anilines is 1. The minimum Gasteiger partial charge on any atom is -0.495 e. The number of ether oxygens (including phenoxy) is 1. The fraction of sp³-hybridized carbons (Fsp3) is 0.500. The zero-order valence-corrected chi connectivity index (χ0v) is 16.1. The van der Waals surface area contributed by atoms with E-state index in [-0.39, 0.29) is 0 Å². The Hall–Kier alpha value is -2.74. The SMILES string of the molecule is COc1cc2ncc(-c3ccnc(NC4CCNC4)n3)n2nc1C1CCCC1. The number of hydrogen-bond donors (Lipinski definition) is 2. The number of imidazole rings is 1. The Morgan fingerprint density at radius 3 is 2.89 bits per heavy atom. The van der Waals surface area contributed by atoms with Crippen molar-refractivity contribution in [3.8, 4) is 17.1 Å². The Kier molecular flexibility index (Phi) is 4.56. The molecule has 8 heteroatoms. The van der Waals surface area contributed by atoms with Crippen LogP contribution >= 0.6 is 0 Å². The molecule has 2 N–H and O–H groups in total. The lowest BCUT2D eigenvalue weighted by Crippen LogP contribution is -2.23. The number of nitrogens with zero attached hydrogens (tertiary/aromatic N) is 5. The van der Waals surface area contributed by atoms with E-state index in [9.17, 15) is 0 Å². The summed E-state index contributed by atoms with van der Waals surface area (Å²) in [4.78, 5) is 13.6. The monoisotopic (exact) mass is 379 g/mol. The molecule has 28 heavy (non-hydrogen) atoms. The van der Waals surface area contributed by atoms with Crippen LogP contribution in [0.25, 0.3) is 17.0 Å². The van der Waals surface area contributed by atoms with Gasteiger partial charge in [-0.15, -0.1) is 0 Å². The lowest BCUT2D eigenvalue weighted by molar-refractivity contribution is 0.399. The highest BCUT2D eigenvalue weighted by atomic mass is 16.5. The Balaban J connectivity index is 1.52. The first kappa shape index (κ1) is 17.4. The summed E-state index contributed by atoms with van der Waals surface area (Å²) in [5.74, 6) is 1.92. The fourth-order valence-corrected chi connectivity index (χ4v) is 4.26. The Bertz CT molecular complexity index is 974. The first-order valence-corrected chi connectivity index (χ1v) is 10.0. The van der Waals surface area contributed by atoms with E-state index in [2.05, 4.69) is 20.6 Å². The van der Waals surface area contributed by atoms with Gasteiger partial charge in [-0.25, -0.2) is 19.5 Å². The zero-order valence-electron chi connectivity index (χ0n) is 16.1. The van der Waals surface area contributed by atoms with E-state index < -0.39 is 0 Å². The summed E-state index contributed by atoms with van der Waals surface area (Å²) in [6, 6.07) is 4.26. The van der Waals surface area contributed by atoms with Gasteiger partial charge in [0.2, 0.25) is 5.95 Å². The fourth-order valence-electron chi connectivity index (χ4n) is 4.26. The molecule has 0 aromatic carbocycles.